The minimum absolute atomic E-state index is 0.0115. The van der Waals surface area contributed by atoms with Gasteiger partial charge in [0.25, 0.3) is 11.5 Å². The van der Waals surface area contributed by atoms with Crippen LogP contribution in [-0.4, -0.2) is 48.2 Å². The third-order valence-electron chi connectivity index (χ3n) is 9.36. The molecule has 0 saturated carbocycles. The molecule has 1 atom stereocenters. The van der Waals surface area contributed by atoms with Crippen molar-refractivity contribution in [2.24, 2.45) is 5.10 Å². The number of hydrogen-bond donors (Lipinski definition) is 2. The number of carbonyl (C=O) groups is 1. The molecule has 0 saturated heterocycles. The largest absolute Gasteiger partial charge is 0.369 e. The summed E-state index contributed by atoms with van der Waals surface area (Å²) in [6.45, 7) is 6.47. The highest BCUT2D eigenvalue weighted by Crippen LogP contribution is 2.42. The fourth-order valence-electron chi connectivity index (χ4n) is 6.72. The van der Waals surface area contributed by atoms with Crippen molar-refractivity contribution in [2.45, 2.75) is 56.8 Å². The number of pyridine rings is 1. The Kier molecular flexibility index (Phi) is 9.37. The van der Waals surface area contributed by atoms with Gasteiger partial charge >= 0.3 is 0 Å². The zero-order valence-electron chi connectivity index (χ0n) is 28.3. The normalized spacial score (nSPS) is 17.3. The van der Waals surface area contributed by atoms with Crippen LogP contribution in [0.4, 0.5) is 11.4 Å². The Bertz CT molecular complexity index is 2300. The molecular weight excluding hydrogens is 660 g/mol. The number of sulfone groups is 1. The number of fused-ring (bicyclic) bond motifs is 2. The average molecular weight is 699 g/mol. The fraction of sp³-hybridized carbons (Fsp3) is 0.270. The van der Waals surface area contributed by atoms with E-state index < -0.39 is 26.2 Å². The Morgan fingerprint density at radius 2 is 1.54 bits per heavy atom. The highest BCUT2D eigenvalue weighted by atomic mass is 32.2. The molecule has 1 amide bonds. The van der Waals surface area contributed by atoms with E-state index in [9.17, 15) is 18.0 Å². The summed E-state index contributed by atoms with van der Waals surface area (Å²) in [7, 11) is -2.07. The monoisotopic (exact) mass is 698 g/mol. The molecule has 3 aromatic carbocycles. The molecule has 0 radical (unpaired) electrons. The molecule has 6 rings (SSSR count). The number of benzene rings is 3. The quantitative estimate of drug-likeness (QED) is 0.188. The predicted octanol–water partition coefficient (Wildman–Crippen LogP) is 4.63. The second-order valence-corrected chi connectivity index (χ2v) is 15.2. The van der Waals surface area contributed by atoms with Crippen LogP contribution in [0.15, 0.2) is 87.6 Å². The first-order valence-corrected chi connectivity index (χ1v) is 17.8. The third-order valence-corrected chi connectivity index (χ3v) is 10.5. The smallest absolute Gasteiger partial charge is 0.283 e. The summed E-state index contributed by atoms with van der Waals surface area (Å²) in [4.78, 5) is 38.8. The molecule has 2 aliphatic heterocycles. The van der Waals surface area contributed by atoms with Gasteiger partial charge in [-0.3, -0.25) is 24.7 Å². The number of amides is 1. The Morgan fingerprint density at radius 1 is 0.940 bits per heavy atom. The molecule has 0 spiro atoms. The Morgan fingerprint density at radius 3 is 2.12 bits per heavy atom. The maximum absolute atomic E-state index is 14.4. The van der Waals surface area contributed by atoms with Crippen molar-refractivity contribution in [3.8, 4) is 5.69 Å². The van der Waals surface area contributed by atoms with Crippen LogP contribution in [0.25, 0.3) is 17.8 Å². The van der Waals surface area contributed by atoms with Crippen molar-refractivity contribution in [1.82, 2.24) is 4.57 Å². The van der Waals surface area contributed by atoms with Crippen LogP contribution in [0.2, 0.25) is 0 Å². The van der Waals surface area contributed by atoms with Crippen LogP contribution < -0.4 is 26.2 Å². The highest BCUT2D eigenvalue weighted by molar-refractivity contribution is 7.90. The lowest BCUT2D eigenvalue weighted by molar-refractivity contribution is -0.253. The molecule has 1 aromatic heterocycles. The Hall–Kier alpha value is -4.92. The lowest BCUT2D eigenvalue weighted by atomic mass is 9.80. The van der Waals surface area contributed by atoms with Gasteiger partial charge in [0.2, 0.25) is 0 Å². The second kappa shape index (κ2) is 13.4. The molecule has 1 unspecified atom stereocenters. The van der Waals surface area contributed by atoms with Gasteiger partial charge < -0.3 is 4.90 Å². The Balaban J connectivity index is 1.54. The molecule has 4 aromatic rings. The van der Waals surface area contributed by atoms with E-state index in [1.54, 1.807) is 60.7 Å². The van der Waals surface area contributed by atoms with Crippen LogP contribution in [0.3, 0.4) is 0 Å². The zero-order chi connectivity index (χ0) is 36.0. The standard InChI is InChI=1S/C37H38N4O8S/c1-23-20-37(2,3)39(4)31-18-13-24(19-30(23)31)7-6-8-29-33(50(5,46)47)32-34(40(35(29)42)27-14-9-25(10-15-27)21-48-44)38-41(36(32)43)28-16-11-26(12-17-28)22-49-45/h6-19,23,44-45H,20-22H2,1-5H3/b7-6+,29-8-. The summed E-state index contributed by atoms with van der Waals surface area (Å²) in [5, 5.41) is 23.0. The summed E-state index contributed by atoms with van der Waals surface area (Å²) in [6, 6.07) is 19.0. The van der Waals surface area contributed by atoms with Crippen LogP contribution in [0.1, 0.15) is 65.7 Å². The predicted molar refractivity (Wildman–Crippen MR) is 189 cm³/mol. The molecule has 2 aliphatic rings. The molecule has 2 N–H and O–H groups in total. The fourth-order valence-corrected chi connectivity index (χ4v) is 7.82. The van der Waals surface area contributed by atoms with Gasteiger partial charge in [0, 0.05) is 24.5 Å². The summed E-state index contributed by atoms with van der Waals surface area (Å²) in [5.41, 5.74) is 4.00. The summed E-state index contributed by atoms with van der Waals surface area (Å²) in [6.07, 6.45) is 6.77. The molecule has 0 aliphatic carbocycles. The molecule has 0 bridgehead atoms. The first-order chi connectivity index (χ1) is 23.7. The van der Waals surface area contributed by atoms with E-state index in [1.807, 2.05) is 6.07 Å². The number of carbonyl (C=O) groups excluding carboxylic acids is 1. The van der Waals surface area contributed by atoms with Gasteiger partial charge in [-0.1, -0.05) is 49.4 Å². The van der Waals surface area contributed by atoms with E-state index in [0.29, 0.717) is 28.4 Å². The van der Waals surface area contributed by atoms with E-state index in [0.717, 1.165) is 28.9 Å². The van der Waals surface area contributed by atoms with Crippen LogP contribution >= 0.6 is 0 Å². The van der Waals surface area contributed by atoms with E-state index >= 15 is 0 Å². The number of anilines is 2. The van der Waals surface area contributed by atoms with Crippen molar-refractivity contribution < 1.29 is 33.5 Å². The molecular formula is C37H38N4O8S. The van der Waals surface area contributed by atoms with Crippen molar-refractivity contribution in [3.05, 3.63) is 122 Å². The number of rotatable bonds is 9. The maximum Gasteiger partial charge on any atom is 0.283 e. The molecule has 0 fully saturated rings. The van der Waals surface area contributed by atoms with Gasteiger partial charge in [-0.2, -0.15) is 5.01 Å². The SMILES string of the molecule is CC1CC(C)(C)N(C)c2ccc(/C=C/C=c3/c(S(C)(=O)=O)c4c(n(-c5ccc(COO)cc5)c3=O)=NN(c3ccc(COO)cc3)C4=O)cc21. The minimum atomic E-state index is -4.16. The van der Waals surface area contributed by atoms with Crippen molar-refractivity contribution in [2.75, 3.05) is 23.2 Å². The molecule has 3 heterocycles. The van der Waals surface area contributed by atoms with Crippen LogP contribution in [0, 0.1) is 0 Å². The number of hydrogen-bond acceptors (Lipinski definition) is 10. The second-order valence-electron chi connectivity index (χ2n) is 13.3. The number of allylic oxidation sites excluding steroid dienone is 1. The third kappa shape index (κ3) is 6.41. The topological polar surface area (TPSA) is 151 Å². The molecule has 260 valence electrons. The van der Waals surface area contributed by atoms with E-state index in [-0.39, 0.29) is 35.0 Å². The Labute approximate surface area is 289 Å². The summed E-state index contributed by atoms with van der Waals surface area (Å²) >= 11 is 0. The first-order valence-electron chi connectivity index (χ1n) is 15.9. The van der Waals surface area contributed by atoms with Crippen molar-refractivity contribution in [1.29, 1.82) is 0 Å². The van der Waals surface area contributed by atoms with Crippen LogP contribution in [0.5, 0.6) is 0 Å². The van der Waals surface area contributed by atoms with E-state index in [4.69, 9.17) is 10.5 Å². The highest BCUT2D eigenvalue weighted by Gasteiger charge is 2.36. The zero-order valence-corrected chi connectivity index (χ0v) is 29.1. The van der Waals surface area contributed by atoms with Gasteiger partial charge in [0.1, 0.15) is 18.8 Å². The van der Waals surface area contributed by atoms with E-state index in [2.05, 4.69) is 59.7 Å². The van der Waals surface area contributed by atoms with Gasteiger partial charge in [-0.05, 0) is 90.9 Å². The van der Waals surface area contributed by atoms with Gasteiger partial charge in [-0.25, -0.2) is 18.2 Å². The number of aromatic nitrogens is 1. The molecule has 50 heavy (non-hydrogen) atoms. The van der Waals surface area contributed by atoms with Gasteiger partial charge in [0.15, 0.2) is 15.3 Å². The summed E-state index contributed by atoms with van der Waals surface area (Å²) in [5.74, 6) is -0.415. The molecule has 12 nitrogen and oxygen atoms in total. The van der Waals surface area contributed by atoms with Crippen LogP contribution in [-0.2, 0) is 32.8 Å². The first kappa shape index (κ1) is 34.9. The summed E-state index contributed by atoms with van der Waals surface area (Å²) < 4.78 is 28.1. The van der Waals surface area contributed by atoms with Crippen molar-refractivity contribution in [3.63, 3.8) is 0 Å². The molecule has 13 heteroatoms. The minimum Gasteiger partial charge on any atom is -0.369 e. The maximum atomic E-state index is 14.4. The van der Waals surface area contributed by atoms with Gasteiger partial charge in [0.05, 0.1) is 21.5 Å². The van der Waals surface area contributed by atoms with Crippen molar-refractivity contribution >= 4 is 39.3 Å². The number of nitrogens with zero attached hydrogens (tertiary/aromatic N) is 4. The average Bonchev–Trinajstić information content (AvgIpc) is 3.40. The lowest BCUT2D eigenvalue weighted by Gasteiger charge is -2.45. The van der Waals surface area contributed by atoms with E-state index in [1.165, 1.54) is 16.2 Å². The van der Waals surface area contributed by atoms with Gasteiger partial charge in [-0.15, -0.1) is 5.10 Å². The lowest BCUT2D eigenvalue weighted by Crippen LogP contribution is -2.46.